The molecule has 1 heterocycles. The number of aryl methyl sites for hydroxylation is 1. The second-order valence-corrected chi connectivity index (χ2v) is 9.56. The van der Waals surface area contributed by atoms with Crippen molar-refractivity contribution in [1.29, 1.82) is 0 Å². The number of nitrogens with zero attached hydrogens (tertiary/aromatic N) is 2. The molecule has 9 nitrogen and oxygen atoms in total. The van der Waals surface area contributed by atoms with E-state index in [-0.39, 0.29) is 12.4 Å². The summed E-state index contributed by atoms with van der Waals surface area (Å²) < 4.78 is 22.5. The number of hydrogen-bond acceptors (Lipinski definition) is 6. The minimum absolute atomic E-state index is 0.0649. The summed E-state index contributed by atoms with van der Waals surface area (Å²) in [5, 5.41) is 9.48. The molecule has 1 aliphatic heterocycles. The molecule has 1 aromatic rings. The van der Waals surface area contributed by atoms with Crippen molar-refractivity contribution in [1.82, 2.24) is 9.80 Å². The van der Waals surface area contributed by atoms with Crippen LogP contribution in [0.15, 0.2) is 18.2 Å². The van der Waals surface area contributed by atoms with Crippen LogP contribution in [0.3, 0.4) is 0 Å². The van der Waals surface area contributed by atoms with Gasteiger partial charge in [-0.05, 0) is 51.1 Å². The number of carboxylic acid groups (broad SMARTS) is 1. The normalized spacial score (nSPS) is 16.2. The van der Waals surface area contributed by atoms with E-state index in [1.54, 1.807) is 25.1 Å². The maximum atomic E-state index is 12.8. The standard InChI is InChI=1S/C18H27N3O4S.CH2O2/c1-13-5-6-15(9-16(13)19-17(22)12-26(4,24)25)18(23)21-8-7-14(11-21)10-20(2)3;2-1-3/h5-6,9,14H,7-8,10-12H2,1-4H3,(H,19,22);1H,(H,2,3). The van der Waals surface area contributed by atoms with Gasteiger partial charge in [0.05, 0.1) is 0 Å². The monoisotopic (exact) mass is 427 g/mol. The zero-order valence-electron chi connectivity index (χ0n) is 17.2. The number of rotatable bonds is 6. The van der Waals surface area contributed by atoms with E-state index < -0.39 is 21.5 Å². The van der Waals surface area contributed by atoms with Crippen LogP contribution < -0.4 is 5.32 Å². The fourth-order valence-electron chi connectivity index (χ4n) is 3.18. The molecule has 0 radical (unpaired) electrons. The average molecular weight is 428 g/mol. The molecule has 1 aliphatic rings. The number of benzene rings is 1. The summed E-state index contributed by atoms with van der Waals surface area (Å²) in [5.74, 6) is -0.784. The van der Waals surface area contributed by atoms with E-state index in [1.165, 1.54) is 0 Å². The largest absolute Gasteiger partial charge is 0.483 e. The van der Waals surface area contributed by atoms with E-state index in [4.69, 9.17) is 9.90 Å². The zero-order valence-corrected chi connectivity index (χ0v) is 18.0. The summed E-state index contributed by atoms with van der Waals surface area (Å²) in [5.41, 5.74) is 1.74. The number of hydrogen-bond donors (Lipinski definition) is 2. The fraction of sp³-hybridized carbons (Fsp3) is 0.526. The lowest BCUT2D eigenvalue weighted by atomic mass is 10.1. The van der Waals surface area contributed by atoms with Gasteiger partial charge >= 0.3 is 0 Å². The van der Waals surface area contributed by atoms with Crippen LogP contribution in [0.2, 0.25) is 0 Å². The first kappa shape index (κ1) is 24.6. The fourth-order valence-corrected chi connectivity index (χ4v) is 3.73. The number of nitrogens with one attached hydrogen (secondary N) is 1. The molecule has 1 atom stereocenters. The summed E-state index contributed by atoms with van der Waals surface area (Å²) in [6, 6.07) is 5.12. The van der Waals surface area contributed by atoms with Crippen molar-refractivity contribution in [3.05, 3.63) is 29.3 Å². The van der Waals surface area contributed by atoms with Crippen LogP contribution in [0.1, 0.15) is 22.3 Å². The molecule has 2 amide bonds. The van der Waals surface area contributed by atoms with Gasteiger partial charge < -0.3 is 20.2 Å². The molecule has 1 unspecified atom stereocenters. The first-order valence-corrected chi connectivity index (χ1v) is 11.1. The quantitative estimate of drug-likeness (QED) is 0.641. The molecule has 1 fully saturated rings. The van der Waals surface area contributed by atoms with Crippen LogP contribution in [-0.4, -0.2) is 87.3 Å². The van der Waals surface area contributed by atoms with Crippen LogP contribution in [0.5, 0.6) is 0 Å². The Hall–Kier alpha value is -2.46. The third-order valence-electron chi connectivity index (χ3n) is 4.35. The highest BCUT2D eigenvalue weighted by Gasteiger charge is 2.27. The van der Waals surface area contributed by atoms with Gasteiger partial charge in [0.15, 0.2) is 9.84 Å². The van der Waals surface area contributed by atoms with Gasteiger partial charge in [0.1, 0.15) is 5.75 Å². The Kier molecular flexibility index (Phi) is 9.25. The second-order valence-electron chi connectivity index (χ2n) is 7.42. The Labute approximate surface area is 171 Å². The first-order valence-electron chi connectivity index (χ1n) is 9.07. The smallest absolute Gasteiger partial charge is 0.290 e. The molecule has 10 heteroatoms. The number of anilines is 1. The van der Waals surface area contributed by atoms with Crippen molar-refractivity contribution >= 4 is 33.8 Å². The minimum Gasteiger partial charge on any atom is -0.483 e. The number of carbonyl (C=O) groups is 3. The molecule has 0 bridgehead atoms. The van der Waals surface area contributed by atoms with Gasteiger partial charge in [-0.15, -0.1) is 0 Å². The lowest BCUT2D eigenvalue weighted by Gasteiger charge is -2.19. The Bertz CT molecular complexity index is 838. The third-order valence-corrected chi connectivity index (χ3v) is 5.13. The van der Waals surface area contributed by atoms with Gasteiger partial charge in [-0.2, -0.15) is 0 Å². The third kappa shape index (κ3) is 8.61. The molecule has 29 heavy (non-hydrogen) atoms. The Morgan fingerprint density at radius 2 is 1.97 bits per heavy atom. The molecule has 0 aromatic heterocycles. The van der Waals surface area contributed by atoms with E-state index in [9.17, 15) is 18.0 Å². The summed E-state index contributed by atoms with van der Waals surface area (Å²) >= 11 is 0. The van der Waals surface area contributed by atoms with Crippen LogP contribution >= 0.6 is 0 Å². The molecule has 0 spiro atoms. The number of amides is 2. The summed E-state index contributed by atoms with van der Waals surface area (Å²) in [6.07, 6.45) is 1.99. The molecule has 2 rings (SSSR count). The van der Waals surface area contributed by atoms with E-state index >= 15 is 0 Å². The Balaban J connectivity index is 0.00000132. The van der Waals surface area contributed by atoms with Crippen molar-refractivity contribution < 1.29 is 27.9 Å². The molecule has 1 saturated heterocycles. The lowest BCUT2D eigenvalue weighted by molar-refractivity contribution is -0.123. The van der Waals surface area contributed by atoms with Gasteiger partial charge in [0, 0.05) is 37.1 Å². The molecule has 2 N–H and O–H groups in total. The van der Waals surface area contributed by atoms with Gasteiger partial charge in [-0.3, -0.25) is 14.4 Å². The Morgan fingerprint density at radius 3 is 2.52 bits per heavy atom. The average Bonchev–Trinajstić information content (AvgIpc) is 3.03. The zero-order chi connectivity index (χ0) is 22.2. The van der Waals surface area contributed by atoms with Crippen molar-refractivity contribution in [2.24, 2.45) is 5.92 Å². The summed E-state index contributed by atoms with van der Waals surface area (Å²) in [6.45, 7) is 3.94. The van der Waals surface area contributed by atoms with Crippen molar-refractivity contribution in [2.75, 3.05) is 51.1 Å². The van der Waals surface area contributed by atoms with Gasteiger partial charge in [-0.25, -0.2) is 8.42 Å². The maximum absolute atomic E-state index is 12.8. The minimum atomic E-state index is -3.40. The highest BCUT2D eigenvalue weighted by atomic mass is 32.2. The van der Waals surface area contributed by atoms with Crippen molar-refractivity contribution in [3.63, 3.8) is 0 Å². The predicted molar refractivity (Wildman–Crippen MR) is 111 cm³/mol. The van der Waals surface area contributed by atoms with Crippen LogP contribution in [-0.2, 0) is 19.4 Å². The van der Waals surface area contributed by atoms with Crippen molar-refractivity contribution in [2.45, 2.75) is 13.3 Å². The van der Waals surface area contributed by atoms with Gasteiger partial charge in [0.25, 0.3) is 12.4 Å². The van der Waals surface area contributed by atoms with Gasteiger partial charge in [-0.1, -0.05) is 6.07 Å². The number of likely N-dealkylation sites (tertiary alicyclic amines) is 1. The van der Waals surface area contributed by atoms with Crippen LogP contribution in [0.25, 0.3) is 0 Å². The Morgan fingerprint density at radius 1 is 1.34 bits per heavy atom. The maximum Gasteiger partial charge on any atom is 0.290 e. The summed E-state index contributed by atoms with van der Waals surface area (Å²) in [7, 11) is 0.644. The molecule has 0 saturated carbocycles. The van der Waals surface area contributed by atoms with Crippen LogP contribution in [0, 0.1) is 12.8 Å². The SMILES string of the molecule is Cc1ccc(C(=O)N2CCC(CN(C)C)C2)cc1NC(=O)CS(C)(=O)=O.O=CO. The van der Waals surface area contributed by atoms with E-state index in [2.05, 4.69) is 10.2 Å². The van der Waals surface area contributed by atoms with E-state index in [0.717, 1.165) is 37.9 Å². The molecular formula is C19H29N3O6S. The van der Waals surface area contributed by atoms with E-state index in [1.807, 2.05) is 19.0 Å². The van der Waals surface area contributed by atoms with Crippen LogP contribution in [0.4, 0.5) is 5.69 Å². The predicted octanol–water partition coefficient (Wildman–Crippen LogP) is 0.703. The number of carbonyl (C=O) groups excluding carboxylic acids is 2. The highest BCUT2D eigenvalue weighted by molar-refractivity contribution is 7.91. The van der Waals surface area contributed by atoms with E-state index in [0.29, 0.717) is 17.2 Å². The topological polar surface area (TPSA) is 124 Å². The molecule has 162 valence electrons. The van der Waals surface area contributed by atoms with Gasteiger partial charge in [0.2, 0.25) is 5.91 Å². The second kappa shape index (κ2) is 10.9. The number of sulfone groups is 1. The molecule has 1 aromatic carbocycles. The molecule has 0 aliphatic carbocycles. The lowest BCUT2D eigenvalue weighted by Crippen LogP contribution is -2.31. The first-order chi connectivity index (χ1) is 13.5. The summed E-state index contributed by atoms with van der Waals surface area (Å²) in [4.78, 5) is 37.0. The highest BCUT2D eigenvalue weighted by Crippen LogP contribution is 2.22. The van der Waals surface area contributed by atoms with Crippen molar-refractivity contribution in [3.8, 4) is 0 Å². The molecular weight excluding hydrogens is 398 g/mol.